The van der Waals surface area contributed by atoms with Crippen LogP contribution >= 0.6 is 0 Å². The molecule has 9 nitrogen and oxygen atoms in total. The second-order valence-electron chi connectivity index (χ2n) is 7.46. The standard InChI is InChI=1S/C22H21FN6O3S/c1-33(31,32)21-10-14(7-9-26-21)19(6-8-24)28-22(30)18-11-25-13-20-17(18)12-27-29(20)16-4-2-15(23)3-5-16/h2-5,7,9-13,19H,6,8,24H2,1H3,(H,28,30). The average Bonchev–Trinajstić information content (AvgIpc) is 3.23. The number of aromatic nitrogens is 4. The molecule has 0 radical (unpaired) electrons. The fraction of sp³-hybridized carbons (Fsp3) is 0.182. The molecule has 1 atom stereocenters. The number of sulfone groups is 1. The molecule has 1 unspecified atom stereocenters. The van der Waals surface area contributed by atoms with Crippen molar-refractivity contribution < 1.29 is 17.6 Å². The number of halogens is 1. The van der Waals surface area contributed by atoms with E-state index in [1.807, 2.05) is 0 Å². The first kappa shape index (κ1) is 22.5. The number of amides is 1. The zero-order chi connectivity index (χ0) is 23.6. The van der Waals surface area contributed by atoms with Crippen molar-refractivity contribution in [2.75, 3.05) is 12.8 Å². The van der Waals surface area contributed by atoms with Crippen LogP contribution in [0.3, 0.4) is 0 Å². The lowest BCUT2D eigenvalue weighted by Crippen LogP contribution is -2.30. The maximum Gasteiger partial charge on any atom is 0.254 e. The Morgan fingerprint density at radius 1 is 1.18 bits per heavy atom. The van der Waals surface area contributed by atoms with Crippen molar-refractivity contribution >= 4 is 26.6 Å². The van der Waals surface area contributed by atoms with Crippen molar-refractivity contribution in [2.45, 2.75) is 17.5 Å². The Balaban J connectivity index is 1.67. The Morgan fingerprint density at radius 3 is 2.64 bits per heavy atom. The molecular weight excluding hydrogens is 447 g/mol. The highest BCUT2D eigenvalue weighted by molar-refractivity contribution is 7.90. The second-order valence-corrected chi connectivity index (χ2v) is 9.42. The van der Waals surface area contributed by atoms with E-state index < -0.39 is 21.8 Å². The van der Waals surface area contributed by atoms with Crippen LogP contribution in [0.2, 0.25) is 0 Å². The van der Waals surface area contributed by atoms with Crippen molar-refractivity contribution in [3.8, 4) is 5.69 Å². The van der Waals surface area contributed by atoms with Gasteiger partial charge >= 0.3 is 0 Å². The van der Waals surface area contributed by atoms with Crippen LogP contribution in [0, 0.1) is 5.82 Å². The predicted octanol–water partition coefficient (Wildman–Crippen LogP) is 2.18. The first-order valence-electron chi connectivity index (χ1n) is 10.0. The van der Waals surface area contributed by atoms with Gasteiger partial charge in [0.1, 0.15) is 5.82 Å². The monoisotopic (exact) mass is 468 g/mol. The summed E-state index contributed by atoms with van der Waals surface area (Å²) in [7, 11) is -3.51. The topological polar surface area (TPSA) is 133 Å². The van der Waals surface area contributed by atoms with Crippen LogP contribution in [-0.4, -0.2) is 46.9 Å². The molecule has 3 heterocycles. The first-order chi connectivity index (χ1) is 15.8. The fourth-order valence-electron chi connectivity index (χ4n) is 3.48. The van der Waals surface area contributed by atoms with Gasteiger partial charge in [-0.05, 0) is 54.9 Å². The van der Waals surface area contributed by atoms with Gasteiger partial charge in [0.15, 0.2) is 14.9 Å². The molecule has 3 aromatic heterocycles. The third kappa shape index (κ3) is 4.73. The number of pyridine rings is 2. The summed E-state index contributed by atoms with van der Waals surface area (Å²) in [6.07, 6.45) is 7.39. The summed E-state index contributed by atoms with van der Waals surface area (Å²) in [5.41, 5.74) is 7.80. The summed E-state index contributed by atoms with van der Waals surface area (Å²) in [5.74, 6) is -0.780. The van der Waals surface area contributed by atoms with E-state index in [0.717, 1.165) is 6.26 Å². The molecule has 11 heteroatoms. The number of rotatable bonds is 7. The summed E-state index contributed by atoms with van der Waals surface area (Å²) in [6, 6.07) is 8.34. The Morgan fingerprint density at radius 2 is 1.94 bits per heavy atom. The number of carbonyl (C=O) groups excluding carboxylic acids is 1. The molecule has 0 aliphatic rings. The molecule has 0 bridgehead atoms. The molecule has 4 rings (SSSR count). The number of hydrogen-bond donors (Lipinski definition) is 2. The number of nitrogens with one attached hydrogen (secondary N) is 1. The Kier molecular flexibility index (Phi) is 6.16. The quantitative estimate of drug-likeness (QED) is 0.425. The van der Waals surface area contributed by atoms with E-state index in [0.29, 0.717) is 34.1 Å². The first-order valence-corrected chi connectivity index (χ1v) is 11.9. The summed E-state index contributed by atoms with van der Waals surface area (Å²) >= 11 is 0. The van der Waals surface area contributed by atoms with E-state index >= 15 is 0 Å². The Bertz CT molecular complexity index is 1420. The fourth-order valence-corrected chi connectivity index (χ4v) is 4.08. The van der Waals surface area contributed by atoms with Gasteiger partial charge in [0.05, 0.1) is 35.2 Å². The van der Waals surface area contributed by atoms with E-state index in [2.05, 4.69) is 20.4 Å². The minimum Gasteiger partial charge on any atom is -0.345 e. The van der Waals surface area contributed by atoms with Gasteiger partial charge in [-0.25, -0.2) is 22.5 Å². The van der Waals surface area contributed by atoms with Crippen LogP contribution in [0.1, 0.15) is 28.4 Å². The zero-order valence-corrected chi connectivity index (χ0v) is 18.5. The summed E-state index contributed by atoms with van der Waals surface area (Å²) in [6.45, 7) is 0.270. The van der Waals surface area contributed by atoms with Crippen molar-refractivity contribution in [2.24, 2.45) is 5.73 Å². The smallest absolute Gasteiger partial charge is 0.254 e. The lowest BCUT2D eigenvalue weighted by Gasteiger charge is -2.19. The summed E-state index contributed by atoms with van der Waals surface area (Å²) in [4.78, 5) is 21.2. The second kappa shape index (κ2) is 9.04. The molecular formula is C22H21FN6O3S. The highest BCUT2D eigenvalue weighted by Gasteiger charge is 2.21. The lowest BCUT2D eigenvalue weighted by atomic mass is 10.0. The zero-order valence-electron chi connectivity index (χ0n) is 17.6. The molecule has 0 spiro atoms. The predicted molar refractivity (Wildman–Crippen MR) is 120 cm³/mol. The number of carbonyl (C=O) groups is 1. The molecule has 0 saturated carbocycles. The normalized spacial score (nSPS) is 12.6. The van der Waals surface area contributed by atoms with Crippen LogP contribution in [0.5, 0.6) is 0 Å². The minimum atomic E-state index is -3.51. The van der Waals surface area contributed by atoms with Crippen LogP contribution in [0.15, 0.2) is 66.2 Å². The number of nitrogens with two attached hydrogens (primary N) is 1. The molecule has 0 aliphatic heterocycles. The highest BCUT2D eigenvalue weighted by Crippen LogP contribution is 2.23. The molecule has 0 saturated heterocycles. The highest BCUT2D eigenvalue weighted by atomic mass is 32.2. The SMILES string of the molecule is CS(=O)(=O)c1cc(C(CCN)NC(=O)c2cncc3c2cnn3-c2ccc(F)cc2)ccn1. The van der Waals surface area contributed by atoms with Crippen LogP contribution in [-0.2, 0) is 9.84 Å². The maximum absolute atomic E-state index is 13.3. The largest absolute Gasteiger partial charge is 0.345 e. The van der Waals surface area contributed by atoms with E-state index in [4.69, 9.17) is 5.73 Å². The lowest BCUT2D eigenvalue weighted by molar-refractivity contribution is 0.0936. The molecule has 170 valence electrons. The van der Waals surface area contributed by atoms with Gasteiger partial charge in [0, 0.05) is 24.0 Å². The van der Waals surface area contributed by atoms with E-state index in [1.165, 1.54) is 30.6 Å². The van der Waals surface area contributed by atoms with Gasteiger partial charge in [-0.15, -0.1) is 0 Å². The van der Waals surface area contributed by atoms with Gasteiger partial charge in [0.25, 0.3) is 5.91 Å². The van der Waals surface area contributed by atoms with Crippen molar-refractivity contribution in [1.82, 2.24) is 25.1 Å². The maximum atomic E-state index is 13.3. The number of hydrogen-bond acceptors (Lipinski definition) is 7. The van der Waals surface area contributed by atoms with Gasteiger partial charge in [-0.3, -0.25) is 9.78 Å². The van der Waals surface area contributed by atoms with Crippen LogP contribution in [0.25, 0.3) is 16.6 Å². The number of benzene rings is 1. The van der Waals surface area contributed by atoms with E-state index in [1.54, 1.807) is 35.3 Å². The van der Waals surface area contributed by atoms with Gasteiger partial charge in [0.2, 0.25) is 0 Å². The van der Waals surface area contributed by atoms with Gasteiger partial charge in [-0.2, -0.15) is 5.10 Å². The number of fused-ring (bicyclic) bond motifs is 1. The molecule has 1 aromatic carbocycles. The summed E-state index contributed by atoms with van der Waals surface area (Å²) in [5, 5.41) is 7.72. The average molecular weight is 469 g/mol. The van der Waals surface area contributed by atoms with Gasteiger partial charge < -0.3 is 11.1 Å². The van der Waals surface area contributed by atoms with Crippen molar-refractivity contribution in [1.29, 1.82) is 0 Å². The number of nitrogens with zero attached hydrogens (tertiary/aromatic N) is 4. The van der Waals surface area contributed by atoms with E-state index in [-0.39, 0.29) is 17.4 Å². The Hall–Kier alpha value is -3.70. The van der Waals surface area contributed by atoms with Crippen molar-refractivity contribution in [3.05, 3.63) is 78.1 Å². The molecule has 3 N–H and O–H groups in total. The molecule has 33 heavy (non-hydrogen) atoms. The van der Waals surface area contributed by atoms with Crippen molar-refractivity contribution in [3.63, 3.8) is 0 Å². The van der Waals surface area contributed by atoms with Crippen LogP contribution in [0.4, 0.5) is 4.39 Å². The summed E-state index contributed by atoms with van der Waals surface area (Å²) < 4.78 is 38.6. The minimum absolute atomic E-state index is 0.0828. The third-order valence-corrected chi connectivity index (χ3v) is 6.10. The molecule has 0 fully saturated rings. The van der Waals surface area contributed by atoms with Gasteiger partial charge in [-0.1, -0.05) is 0 Å². The molecule has 1 amide bonds. The van der Waals surface area contributed by atoms with Crippen LogP contribution < -0.4 is 11.1 Å². The Labute approximate surface area is 189 Å². The molecule has 4 aromatic rings. The van der Waals surface area contributed by atoms with E-state index in [9.17, 15) is 17.6 Å². The third-order valence-electron chi connectivity index (χ3n) is 5.11. The molecule has 0 aliphatic carbocycles.